The molecule has 0 radical (unpaired) electrons. The average molecular weight is 314 g/mol. The van der Waals surface area contributed by atoms with Gasteiger partial charge in [-0.05, 0) is 23.8 Å². The molecule has 2 atom stereocenters. The Morgan fingerprint density at radius 1 is 1.30 bits per heavy atom. The van der Waals surface area contributed by atoms with Gasteiger partial charge in [0.05, 0.1) is 6.61 Å². The van der Waals surface area contributed by atoms with Gasteiger partial charge in [-0.2, -0.15) is 5.10 Å². The number of nitrogens with zero attached hydrogens (tertiary/aromatic N) is 4. The van der Waals surface area contributed by atoms with E-state index in [-0.39, 0.29) is 5.91 Å². The SMILES string of the molecule is COC[C@@H]1CN(C(=O)CCn2cccn2)C[C@H]1c1ccncc1. The maximum atomic E-state index is 12.5. The lowest BCUT2D eigenvalue weighted by Crippen LogP contribution is -2.30. The van der Waals surface area contributed by atoms with Crippen LogP contribution in [0.5, 0.6) is 0 Å². The molecule has 3 rings (SSSR count). The molecule has 122 valence electrons. The smallest absolute Gasteiger partial charge is 0.224 e. The highest BCUT2D eigenvalue weighted by Crippen LogP contribution is 2.32. The topological polar surface area (TPSA) is 60.2 Å². The Kier molecular flexibility index (Phi) is 5.02. The van der Waals surface area contributed by atoms with Crippen LogP contribution in [0.3, 0.4) is 0 Å². The number of pyridine rings is 1. The van der Waals surface area contributed by atoms with Crippen molar-refractivity contribution in [1.82, 2.24) is 19.7 Å². The highest BCUT2D eigenvalue weighted by Gasteiger charge is 2.35. The molecular formula is C17H22N4O2. The van der Waals surface area contributed by atoms with Crippen LogP contribution in [0, 0.1) is 5.92 Å². The zero-order valence-electron chi connectivity index (χ0n) is 13.3. The predicted molar refractivity (Wildman–Crippen MR) is 85.8 cm³/mol. The minimum absolute atomic E-state index is 0.179. The van der Waals surface area contributed by atoms with Crippen molar-refractivity contribution in [3.05, 3.63) is 48.5 Å². The second-order valence-corrected chi connectivity index (χ2v) is 5.92. The minimum atomic E-state index is 0.179. The number of hydrogen-bond acceptors (Lipinski definition) is 4. The third kappa shape index (κ3) is 3.76. The molecule has 1 aliphatic rings. The van der Waals surface area contributed by atoms with Crippen molar-refractivity contribution in [2.24, 2.45) is 5.92 Å². The number of likely N-dealkylation sites (tertiary alicyclic amines) is 1. The van der Waals surface area contributed by atoms with Crippen LogP contribution in [-0.4, -0.2) is 52.4 Å². The fourth-order valence-corrected chi connectivity index (χ4v) is 3.25. The number of ether oxygens (including phenoxy) is 1. The molecule has 0 saturated carbocycles. The van der Waals surface area contributed by atoms with E-state index in [1.165, 1.54) is 5.56 Å². The van der Waals surface area contributed by atoms with Crippen LogP contribution >= 0.6 is 0 Å². The van der Waals surface area contributed by atoms with Gasteiger partial charge in [-0.25, -0.2) is 0 Å². The lowest BCUT2D eigenvalue weighted by Gasteiger charge is -2.17. The van der Waals surface area contributed by atoms with Crippen molar-refractivity contribution in [3.63, 3.8) is 0 Å². The van der Waals surface area contributed by atoms with E-state index >= 15 is 0 Å². The monoisotopic (exact) mass is 314 g/mol. The summed E-state index contributed by atoms with van der Waals surface area (Å²) in [6.45, 7) is 2.78. The molecule has 0 bridgehead atoms. The Morgan fingerprint density at radius 3 is 2.83 bits per heavy atom. The van der Waals surface area contributed by atoms with Crippen molar-refractivity contribution in [1.29, 1.82) is 0 Å². The van der Waals surface area contributed by atoms with Gasteiger partial charge in [-0.1, -0.05) is 0 Å². The Balaban J connectivity index is 1.63. The van der Waals surface area contributed by atoms with Gasteiger partial charge in [-0.15, -0.1) is 0 Å². The summed E-state index contributed by atoms with van der Waals surface area (Å²) in [5.41, 5.74) is 1.23. The summed E-state index contributed by atoms with van der Waals surface area (Å²) < 4.78 is 7.15. The van der Waals surface area contributed by atoms with Crippen molar-refractivity contribution < 1.29 is 9.53 Å². The standard InChI is InChI=1S/C17H22N4O2/c1-23-13-15-11-20(12-16(15)14-3-7-18-8-4-14)17(22)5-10-21-9-2-6-19-21/h2-4,6-9,15-16H,5,10-13H2,1H3/t15-,16-/m0/s1. The van der Waals surface area contributed by atoms with Crippen LogP contribution in [0.4, 0.5) is 0 Å². The van der Waals surface area contributed by atoms with Crippen LogP contribution in [0.1, 0.15) is 17.9 Å². The van der Waals surface area contributed by atoms with Gasteiger partial charge in [0.15, 0.2) is 0 Å². The molecule has 2 aromatic rings. The average Bonchev–Trinajstić information content (AvgIpc) is 3.23. The van der Waals surface area contributed by atoms with Crippen LogP contribution in [-0.2, 0) is 16.1 Å². The van der Waals surface area contributed by atoms with Crippen LogP contribution < -0.4 is 0 Å². The molecular weight excluding hydrogens is 292 g/mol. The number of carbonyl (C=O) groups excluding carboxylic acids is 1. The Labute approximate surface area is 136 Å². The predicted octanol–water partition coefficient (Wildman–Crippen LogP) is 1.56. The molecule has 0 aliphatic carbocycles. The molecule has 1 amide bonds. The summed E-state index contributed by atoms with van der Waals surface area (Å²) in [7, 11) is 1.71. The molecule has 1 saturated heterocycles. The maximum absolute atomic E-state index is 12.5. The fraction of sp³-hybridized carbons (Fsp3) is 0.471. The molecule has 1 fully saturated rings. The first-order valence-corrected chi connectivity index (χ1v) is 7.92. The largest absolute Gasteiger partial charge is 0.384 e. The lowest BCUT2D eigenvalue weighted by atomic mass is 9.90. The third-order valence-electron chi connectivity index (χ3n) is 4.42. The quantitative estimate of drug-likeness (QED) is 0.812. The van der Waals surface area contributed by atoms with Crippen molar-refractivity contribution in [2.75, 3.05) is 26.8 Å². The lowest BCUT2D eigenvalue weighted by molar-refractivity contribution is -0.130. The van der Waals surface area contributed by atoms with Gasteiger partial charge in [0, 0.05) is 69.8 Å². The van der Waals surface area contributed by atoms with E-state index in [0.717, 1.165) is 13.1 Å². The molecule has 6 heteroatoms. The molecule has 0 spiro atoms. The zero-order chi connectivity index (χ0) is 16.1. The Morgan fingerprint density at radius 2 is 2.13 bits per heavy atom. The van der Waals surface area contributed by atoms with E-state index in [2.05, 4.69) is 10.1 Å². The second-order valence-electron chi connectivity index (χ2n) is 5.92. The normalized spacial score (nSPS) is 20.8. The van der Waals surface area contributed by atoms with Crippen LogP contribution in [0.25, 0.3) is 0 Å². The summed E-state index contributed by atoms with van der Waals surface area (Å²) in [4.78, 5) is 18.5. The summed E-state index contributed by atoms with van der Waals surface area (Å²) in [6, 6.07) is 5.94. The molecule has 0 aromatic carbocycles. The number of rotatable bonds is 6. The first-order valence-electron chi connectivity index (χ1n) is 7.92. The summed E-state index contributed by atoms with van der Waals surface area (Å²) in [5, 5.41) is 4.14. The van der Waals surface area contributed by atoms with Crippen molar-refractivity contribution in [2.45, 2.75) is 18.9 Å². The van der Waals surface area contributed by atoms with E-state index in [1.54, 1.807) is 30.4 Å². The van der Waals surface area contributed by atoms with Crippen molar-refractivity contribution in [3.8, 4) is 0 Å². The van der Waals surface area contributed by atoms with E-state index in [1.807, 2.05) is 29.3 Å². The number of methoxy groups -OCH3 is 1. The van der Waals surface area contributed by atoms with E-state index in [4.69, 9.17) is 4.74 Å². The number of amides is 1. The highest BCUT2D eigenvalue weighted by molar-refractivity contribution is 5.76. The van der Waals surface area contributed by atoms with Crippen LogP contribution in [0.2, 0.25) is 0 Å². The number of aromatic nitrogens is 3. The van der Waals surface area contributed by atoms with E-state index in [0.29, 0.717) is 31.4 Å². The molecule has 0 N–H and O–H groups in total. The molecule has 2 aromatic heterocycles. The van der Waals surface area contributed by atoms with Gasteiger partial charge in [0.1, 0.15) is 0 Å². The summed E-state index contributed by atoms with van der Waals surface area (Å²) >= 11 is 0. The highest BCUT2D eigenvalue weighted by atomic mass is 16.5. The molecule has 0 unspecified atom stereocenters. The summed E-state index contributed by atoms with van der Waals surface area (Å²) in [6.07, 6.45) is 7.70. The Bertz CT molecular complexity index is 615. The van der Waals surface area contributed by atoms with Crippen molar-refractivity contribution >= 4 is 5.91 Å². The maximum Gasteiger partial charge on any atom is 0.224 e. The molecule has 6 nitrogen and oxygen atoms in total. The first kappa shape index (κ1) is 15.7. The second kappa shape index (κ2) is 7.37. The van der Waals surface area contributed by atoms with Gasteiger partial charge in [0.2, 0.25) is 5.91 Å². The third-order valence-corrected chi connectivity index (χ3v) is 4.42. The molecule has 3 heterocycles. The number of hydrogen-bond donors (Lipinski definition) is 0. The van der Waals surface area contributed by atoms with Crippen LogP contribution in [0.15, 0.2) is 43.0 Å². The van der Waals surface area contributed by atoms with Gasteiger partial charge >= 0.3 is 0 Å². The number of aryl methyl sites for hydroxylation is 1. The zero-order valence-corrected chi connectivity index (χ0v) is 13.3. The fourth-order valence-electron chi connectivity index (χ4n) is 3.25. The minimum Gasteiger partial charge on any atom is -0.384 e. The van der Waals surface area contributed by atoms with E-state index < -0.39 is 0 Å². The summed E-state index contributed by atoms with van der Waals surface area (Å²) in [5.74, 6) is 0.820. The molecule has 23 heavy (non-hydrogen) atoms. The Hall–Kier alpha value is -2.21. The first-order chi connectivity index (χ1) is 11.3. The molecule has 1 aliphatic heterocycles. The number of carbonyl (C=O) groups is 1. The van der Waals surface area contributed by atoms with Gasteiger partial charge in [0.25, 0.3) is 0 Å². The van der Waals surface area contributed by atoms with Gasteiger partial charge < -0.3 is 9.64 Å². The van der Waals surface area contributed by atoms with E-state index in [9.17, 15) is 4.79 Å². The van der Waals surface area contributed by atoms with Gasteiger partial charge in [-0.3, -0.25) is 14.5 Å².